The van der Waals surface area contributed by atoms with Crippen molar-refractivity contribution in [3.63, 3.8) is 0 Å². The molecule has 0 aliphatic heterocycles. The van der Waals surface area contributed by atoms with Crippen LogP contribution in [0.25, 0.3) is 0 Å². The molecule has 106 valence electrons. The van der Waals surface area contributed by atoms with E-state index in [0.29, 0.717) is 5.92 Å². The SMILES string of the molecule is CNC(c1cccc(CC(C)C)c1)c1ccnc(C)c1. The van der Waals surface area contributed by atoms with E-state index < -0.39 is 0 Å². The quantitative estimate of drug-likeness (QED) is 0.889. The minimum atomic E-state index is 0.226. The third kappa shape index (κ3) is 3.67. The second-order valence-corrected chi connectivity index (χ2v) is 5.80. The summed E-state index contributed by atoms with van der Waals surface area (Å²) in [5, 5.41) is 3.41. The second-order valence-electron chi connectivity index (χ2n) is 5.80. The number of pyridine rings is 1. The van der Waals surface area contributed by atoms with Crippen LogP contribution in [0.1, 0.15) is 42.3 Å². The van der Waals surface area contributed by atoms with Crippen LogP contribution in [0.2, 0.25) is 0 Å². The zero-order valence-electron chi connectivity index (χ0n) is 12.9. The van der Waals surface area contributed by atoms with Crippen molar-refractivity contribution in [1.82, 2.24) is 10.3 Å². The van der Waals surface area contributed by atoms with Gasteiger partial charge < -0.3 is 5.32 Å². The van der Waals surface area contributed by atoms with E-state index in [1.54, 1.807) is 0 Å². The lowest BCUT2D eigenvalue weighted by atomic mass is 9.95. The molecule has 0 fully saturated rings. The molecule has 2 aromatic rings. The van der Waals surface area contributed by atoms with Gasteiger partial charge in [0.1, 0.15) is 0 Å². The lowest BCUT2D eigenvalue weighted by molar-refractivity contribution is 0.643. The Balaban J connectivity index is 2.32. The Kier molecular flexibility index (Phi) is 4.91. The third-order valence-corrected chi connectivity index (χ3v) is 3.47. The molecule has 0 spiro atoms. The van der Waals surface area contributed by atoms with E-state index in [1.807, 2.05) is 20.2 Å². The predicted molar refractivity (Wildman–Crippen MR) is 84.9 cm³/mol. The molecule has 0 bridgehead atoms. The molecule has 1 unspecified atom stereocenters. The Hall–Kier alpha value is -1.67. The first-order valence-electron chi connectivity index (χ1n) is 7.29. The zero-order chi connectivity index (χ0) is 14.5. The molecule has 0 amide bonds. The van der Waals surface area contributed by atoms with E-state index in [2.05, 4.69) is 60.5 Å². The van der Waals surface area contributed by atoms with Crippen molar-refractivity contribution in [2.45, 2.75) is 33.2 Å². The Morgan fingerprint density at radius 3 is 2.50 bits per heavy atom. The van der Waals surface area contributed by atoms with Gasteiger partial charge in [0.2, 0.25) is 0 Å². The van der Waals surface area contributed by atoms with Crippen molar-refractivity contribution >= 4 is 0 Å². The second kappa shape index (κ2) is 6.67. The fraction of sp³-hybridized carbons (Fsp3) is 0.389. The molecule has 1 atom stereocenters. The largest absolute Gasteiger partial charge is 0.309 e. The van der Waals surface area contributed by atoms with Gasteiger partial charge in [0.15, 0.2) is 0 Å². The average Bonchev–Trinajstić information content (AvgIpc) is 2.39. The third-order valence-electron chi connectivity index (χ3n) is 3.47. The topological polar surface area (TPSA) is 24.9 Å². The summed E-state index contributed by atoms with van der Waals surface area (Å²) < 4.78 is 0. The van der Waals surface area contributed by atoms with Crippen LogP contribution >= 0.6 is 0 Å². The zero-order valence-corrected chi connectivity index (χ0v) is 12.9. The summed E-state index contributed by atoms with van der Waals surface area (Å²) >= 11 is 0. The number of nitrogens with one attached hydrogen (secondary N) is 1. The first-order valence-corrected chi connectivity index (χ1v) is 7.29. The summed E-state index contributed by atoms with van der Waals surface area (Å²) in [4.78, 5) is 4.28. The van der Waals surface area contributed by atoms with Gasteiger partial charge in [-0.25, -0.2) is 0 Å². The molecule has 1 aromatic carbocycles. The monoisotopic (exact) mass is 268 g/mol. The maximum absolute atomic E-state index is 4.28. The van der Waals surface area contributed by atoms with Crippen molar-refractivity contribution in [2.75, 3.05) is 7.05 Å². The van der Waals surface area contributed by atoms with Gasteiger partial charge in [-0.15, -0.1) is 0 Å². The average molecular weight is 268 g/mol. The minimum Gasteiger partial charge on any atom is -0.309 e. The molecule has 1 heterocycles. The van der Waals surface area contributed by atoms with Gasteiger partial charge in [0, 0.05) is 11.9 Å². The molecule has 0 aliphatic rings. The maximum atomic E-state index is 4.28. The number of aryl methyl sites for hydroxylation is 1. The van der Waals surface area contributed by atoms with Gasteiger partial charge in [-0.2, -0.15) is 0 Å². The van der Waals surface area contributed by atoms with Gasteiger partial charge in [0.05, 0.1) is 6.04 Å². The Labute approximate surface area is 122 Å². The van der Waals surface area contributed by atoms with E-state index in [0.717, 1.165) is 12.1 Å². The lowest BCUT2D eigenvalue weighted by Crippen LogP contribution is -2.18. The van der Waals surface area contributed by atoms with Crippen molar-refractivity contribution in [3.05, 3.63) is 65.0 Å². The first kappa shape index (κ1) is 14.7. The summed E-state index contributed by atoms with van der Waals surface area (Å²) in [6.45, 7) is 6.55. The van der Waals surface area contributed by atoms with E-state index >= 15 is 0 Å². The van der Waals surface area contributed by atoms with Crippen LogP contribution in [0.4, 0.5) is 0 Å². The number of aromatic nitrogens is 1. The summed E-state index contributed by atoms with van der Waals surface area (Å²) in [5.41, 5.74) is 5.04. The highest BCUT2D eigenvalue weighted by Gasteiger charge is 2.12. The minimum absolute atomic E-state index is 0.226. The summed E-state index contributed by atoms with van der Waals surface area (Å²) in [7, 11) is 2.01. The highest BCUT2D eigenvalue weighted by molar-refractivity contribution is 5.34. The molecule has 20 heavy (non-hydrogen) atoms. The summed E-state index contributed by atoms with van der Waals surface area (Å²) in [6.07, 6.45) is 3.01. The Morgan fingerprint density at radius 2 is 1.85 bits per heavy atom. The van der Waals surface area contributed by atoms with E-state index in [9.17, 15) is 0 Å². The number of nitrogens with zero attached hydrogens (tertiary/aromatic N) is 1. The van der Waals surface area contributed by atoms with Crippen molar-refractivity contribution in [1.29, 1.82) is 0 Å². The molecule has 0 saturated carbocycles. The molecule has 1 N–H and O–H groups in total. The van der Waals surface area contributed by atoms with Crippen LogP contribution in [0.15, 0.2) is 42.6 Å². The summed E-state index contributed by atoms with van der Waals surface area (Å²) in [6, 6.07) is 13.3. The normalized spacial score (nSPS) is 12.7. The fourth-order valence-corrected chi connectivity index (χ4v) is 2.64. The van der Waals surface area contributed by atoms with Crippen LogP contribution in [-0.4, -0.2) is 12.0 Å². The van der Waals surface area contributed by atoms with E-state index in [-0.39, 0.29) is 6.04 Å². The molecular formula is C18H24N2. The molecule has 2 nitrogen and oxygen atoms in total. The fourth-order valence-electron chi connectivity index (χ4n) is 2.64. The predicted octanol–water partition coefficient (Wildman–Crippen LogP) is 3.90. The lowest BCUT2D eigenvalue weighted by Gasteiger charge is -2.18. The number of rotatable bonds is 5. The Morgan fingerprint density at radius 1 is 1.10 bits per heavy atom. The summed E-state index contributed by atoms with van der Waals surface area (Å²) in [5.74, 6) is 0.682. The number of hydrogen-bond acceptors (Lipinski definition) is 2. The smallest absolute Gasteiger partial charge is 0.0575 e. The van der Waals surface area contributed by atoms with Crippen LogP contribution in [0, 0.1) is 12.8 Å². The molecular weight excluding hydrogens is 244 g/mol. The van der Waals surface area contributed by atoms with Crippen LogP contribution in [-0.2, 0) is 6.42 Å². The molecule has 0 aliphatic carbocycles. The highest BCUT2D eigenvalue weighted by atomic mass is 14.9. The molecule has 0 saturated heterocycles. The van der Waals surface area contributed by atoms with Crippen molar-refractivity contribution in [3.8, 4) is 0 Å². The van der Waals surface area contributed by atoms with Gasteiger partial charge >= 0.3 is 0 Å². The van der Waals surface area contributed by atoms with Crippen molar-refractivity contribution < 1.29 is 0 Å². The molecule has 2 heteroatoms. The van der Waals surface area contributed by atoms with Gasteiger partial charge in [-0.1, -0.05) is 38.1 Å². The van der Waals surface area contributed by atoms with Crippen molar-refractivity contribution in [2.24, 2.45) is 5.92 Å². The van der Waals surface area contributed by atoms with Gasteiger partial charge in [-0.3, -0.25) is 4.98 Å². The van der Waals surface area contributed by atoms with Gasteiger partial charge in [0.25, 0.3) is 0 Å². The molecule has 2 rings (SSSR count). The Bertz CT molecular complexity index is 561. The number of benzene rings is 1. The highest BCUT2D eigenvalue weighted by Crippen LogP contribution is 2.23. The maximum Gasteiger partial charge on any atom is 0.0575 e. The van der Waals surface area contributed by atoms with Crippen LogP contribution in [0.3, 0.4) is 0 Å². The van der Waals surface area contributed by atoms with Crippen LogP contribution in [0.5, 0.6) is 0 Å². The van der Waals surface area contributed by atoms with Gasteiger partial charge in [-0.05, 0) is 55.1 Å². The number of hydrogen-bond donors (Lipinski definition) is 1. The van der Waals surface area contributed by atoms with E-state index in [1.165, 1.54) is 16.7 Å². The molecule has 1 aromatic heterocycles. The van der Waals surface area contributed by atoms with E-state index in [4.69, 9.17) is 0 Å². The molecule has 0 radical (unpaired) electrons. The standard InChI is InChI=1S/C18H24N2/c1-13(2)10-15-6-5-7-16(12-15)18(19-4)17-8-9-20-14(3)11-17/h5-9,11-13,18-19H,10H2,1-4H3. The first-order chi connectivity index (χ1) is 9.60. The van der Waals surface area contributed by atoms with Crippen LogP contribution < -0.4 is 5.32 Å².